The summed E-state index contributed by atoms with van der Waals surface area (Å²) in [7, 11) is 2.58. The van der Waals surface area contributed by atoms with E-state index in [0.717, 1.165) is 7.11 Å². The predicted octanol–water partition coefficient (Wildman–Crippen LogP) is 0.833. The molecule has 8 nitrogen and oxygen atoms in total. The minimum absolute atomic E-state index is 0.375. The summed E-state index contributed by atoms with van der Waals surface area (Å²) in [5.41, 5.74) is 0.375. The number of carbonyl (C=O) groups excluding carboxylic acids is 2. The second-order valence-electron chi connectivity index (χ2n) is 3.97. The molecule has 0 spiro atoms. The zero-order valence-corrected chi connectivity index (χ0v) is 11.6. The fourth-order valence-electron chi connectivity index (χ4n) is 1.51. The Morgan fingerprint density at radius 2 is 1.90 bits per heavy atom. The Kier molecular flexibility index (Phi) is 5.99. The molecule has 0 heterocycles. The van der Waals surface area contributed by atoms with E-state index in [9.17, 15) is 14.4 Å². The largest absolute Gasteiger partial charge is 0.495 e. The highest BCUT2D eigenvalue weighted by atomic mass is 16.5. The van der Waals surface area contributed by atoms with Gasteiger partial charge in [0.05, 0.1) is 26.3 Å². The van der Waals surface area contributed by atoms with Crippen molar-refractivity contribution in [2.45, 2.75) is 12.5 Å². The molecule has 1 rings (SSSR count). The number of aliphatic carboxylic acids is 1. The number of carboxylic acid groups (broad SMARTS) is 1. The second-order valence-corrected chi connectivity index (χ2v) is 3.97. The number of urea groups is 1. The van der Waals surface area contributed by atoms with Crippen molar-refractivity contribution in [3.63, 3.8) is 0 Å². The van der Waals surface area contributed by atoms with Gasteiger partial charge in [0.25, 0.3) is 0 Å². The zero-order chi connectivity index (χ0) is 15.8. The normalized spacial score (nSPS) is 11.1. The summed E-state index contributed by atoms with van der Waals surface area (Å²) in [6.07, 6.45) is -0.467. The first-order valence-corrected chi connectivity index (χ1v) is 5.98. The third-order valence-corrected chi connectivity index (χ3v) is 2.56. The lowest BCUT2D eigenvalue weighted by Crippen LogP contribution is -2.44. The van der Waals surface area contributed by atoms with Crippen LogP contribution in [0.5, 0.6) is 5.75 Å². The molecule has 1 aromatic rings. The van der Waals surface area contributed by atoms with Crippen molar-refractivity contribution in [3.05, 3.63) is 24.3 Å². The van der Waals surface area contributed by atoms with E-state index in [2.05, 4.69) is 15.4 Å². The number of methoxy groups -OCH3 is 2. The maximum absolute atomic E-state index is 11.8. The molecule has 8 heteroatoms. The number of esters is 1. The Hall–Kier alpha value is -2.77. The highest BCUT2D eigenvalue weighted by Crippen LogP contribution is 2.22. The van der Waals surface area contributed by atoms with Gasteiger partial charge < -0.3 is 25.2 Å². The number of rotatable bonds is 6. The van der Waals surface area contributed by atoms with Crippen molar-refractivity contribution in [2.75, 3.05) is 19.5 Å². The van der Waals surface area contributed by atoms with Crippen LogP contribution in [-0.4, -0.2) is 43.3 Å². The van der Waals surface area contributed by atoms with Crippen molar-refractivity contribution in [3.8, 4) is 5.75 Å². The van der Waals surface area contributed by atoms with E-state index in [-0.39, 0.29) is 0 Å². The summed E-state index contributed by atoms with van der Waals surface area (Å²) in [6, 6.07) is 4.48. The number of carboxylic acids is 1. The lowest BCUT2D eigenvalue weighted by atomic mass is 10.2. The van der Waals surface area contributed by atoms with Crippen LogP contribution in [0.1, 0.15) is 6.42 Å². The van der Waals surface area contributed by atoms with Crippen LogP contribution in [0.15, 0.2) is 24.3 Å². The van der Waals surface area contributed by atoms with Crippen molar-refractivity contribution in [1.82, 2.24) is 5.32 Å². The quantitative estimate of drug-likeness (QED) is 0.670. The van der Waals surface area contributed by atoms with E-state index in [4.69, 9.17) is 9.84 Å². The van der Waals surface area contributed by atoms with Crippen LogP contribution in [0.25, 0.3) is 0 Å². The van der Waals surface area contributed by atoms with Gasteiger partial charge in [-0.1, -0.05) is 12.1 Å². The van der Waals surface area contributed by atoms with Gasteiger partial charge in [0.1, 0.15) is 11.8 Å². The van der Waals surface area contributed by atoms with Gasteiger partial charge in [0.15, 0.2) is 0 Å². The van der Waals surface area contributed by atoms with Crippen LogP contribution < -0.4 is 15.4 Å². The van der Waals surface area contributed by atoms with Gasteiger partial charge in [-0.3, -0.25) is 4.79 Å². The minimum Gasteiger partial charge on any atom is -0.495 e. The van der Waals surface area contributed by atoms with Crippen molar-refractivity contribution < 1.29 is 29.0 Å². The van der Waals surface area contributed by atoms with Crippen LogP contribution in [0, 0.1) is 0 Å². The van der Waals surface area contributed by atoms with E-state index < -0.39 is 30.4 Å². The first kappa shape index (κ1) is 16.3. The van der Waals surface area contributed by atoms with Gasteiger partial charge in [-0.15, -0.1) is 0 Å². The number of hydrogen-bond donors (Lipinski definition) is 3. The van der Waals surface area contributed by atoms with Gasteiger partial charge in [0.2, 0.25) is 0 Å². The monoisotopic (exact) mass is 296 g/mol. The number of ether oxygens (including phenoxy) is 2. The third-order valence-electron chi connectivity index (χ3n) is 2.56. The van der Waals surface area contributed by atoms with Gasteiger partial charge in [-0.25, -0.2) is 9.59 Å². The van der Waals surface area contributed by atoms with E-state index in [1.54, 1.807) is 24.3 Å². The van der Waals surface area contributed by atoms with Gasteiger partial charge >= 0.3 is 18.0 Å². The number of amides is 2. The molecule has 21 heavy (non-hydrogen) atoms. The molecule has 0 fully saturated rings. The lowest BCUT2D eigenvalue weighted by molar-refractivity contribution is -0.147. The first-order chi connectivity index (χ1) is 9.97. The minimum atomic E-state index is -1.38. The SMILES string of the molecule is COC(=O)C[C@H](NC(=O)Nc1ccccc1OC)C(=O)O. The van der Waals surface area contributed by atoms with Crippen molar-refractivity contribution >= 4 is 23.7 Å². The van der Waals surface area contributed by atoms with E-state index in [1.807, 2.05) is 0 Å². The average Bonchev–Trinajstić information content (AvgIpc) is 2.46. The Morgan fingerprint density at radius 3 is 2.48 bits per heavy atom. The Bertz CT molecular complexity index is 531. The summed E-state index contributed by atoms with van der Waals surface area (Å²) in [5.74, 6) is -1.65. The van der Waals surface area contributed by atoms with E-state index in [1.165, 1.54) is 7.11 Å². The third kappa shape index (κ3) is 5.01. The maximum Gasteiger partial charge on any atom is 0.326 e. The molecule has 0 bridgehead atoms. The summed E-state index contributed by atoms with van der Waals surface area (Å²) < 4.78 is 9.42. The summed E-state index contributed by atoms with van der Waals surface area (Å²) in [6.45, 7) is 0. The number of carbonyl (C=O) groups is 3. The molecular formula is C13H16N2O6. The zero-order valence-electron chi connectivity index (χ0n) is 11.6. The molecule has 114 valence electrons. The lowest BCUT2D eigenvalue weighted by Gasteiger charge is -2.15. The molecular weight excluding hydrogens is 280 g/mol. The van der Waals surface area contributed by atoms with Crippen molar-refractivity contribution in [2.24, 2.45) is 0 Å². The maximum atomic E-state index is 11.8. The highest BCUT2D eigenvalue weighted by molar-refractivity contribution is 5.94. The number of benzene rings is 1. The molecule has 0 saturated heterocycles. The molecule has 3 N–H and O–H groups in total. The topological polar surface area (TPSA) is 114 Å². The van der Waals surface area contributed by atoms with Crippen LogP contribution >= 0.6 is 0 Å². The average molecular weight is 296 g/mol. The van der Waals surface area contributed by atoms with Gasteiger partial charge in [-0.05, 0) is 12.1 Å². The number of hydrogen-bond acceptors (Lipinski definition) is 5. The molecule has 0 aliphatic rings. The molecule has 2 amide bonds. The number of anilines is 1. The van der Waals surface area contributed by atoms with Crippen LogP contribution in [0.3, 0.4) is 0 Å². The van der Waals surface area contributed by atoms with Crippen LogP contribution in [0.2, 0.25) is 0 Å². The molecule has 1 aromatic carbocycles. The van der Waals surface area contributed by atoms with E-state index >= 15 is 0 Å². The molecule has 0 aliphatic carbocycles. The Morgan fingerprint density at radius 1 is 1.24 bits per heavy atom. The molecule has 0 aromatic heterocycles. The summed E-state index contributed by atoms with van der Waals surface area (Å²) in [5, 5.41) is 13.6. The summed E-state index contributed by atoms with van der Waals surface area (Å²) >= 11 is 0. The van der Waals surface area contributed by atoms with Crippen LogP contribution in [0.4, 0.5) is 10.5 Å². The Labute approximate surface area is 121 Å². The first-order valence-electron chi connectivity index (χ1n) is 5.98. The fourth-order valence-corrected chi connectivity index (χ4v) is 1.51. The summed E-state index contributed by atoms with van der Waals surface area (Å²) in [4.78, 5) is 33.8. The van der Waals surface area contributed by atoms with Gasteiger partial charge in [0, 0.05) is 0 Å². The van der Waals surface area contributed by atoms with Crippen LogP contribution in [-0.2, 0) is 14.3 Å². The molecule has 0 unspecified atom stereocenters. The highest BCUT2D eigenvalue weighted by Gasteiger charge is 2.24. The smallest absolute Gasteiger partial charge is 0.326 e. The molecule has 1 atom stereocenters. The Balaban J connectivity index is 2.70. The number of nitrogens with one attached hydrogen (secondary N) is 2. The van der Waals surface area contributed by atoms with E-state index in [0.29, 0.717) is 11.4 Å². The second kappa shape index (κ2) is 7.73. The van der Waals surface area contributed by atoms with Crippen molar-refractivity contribution in [1.29, 1.82) is 0 Å². The fraction of sp³-hybridized carbons (Fsp3) is 0.308. The number of para-hydroxylation sites is 2. The molecule has 0 saturated carbocycles. The van der Waals surface area contributed by atoms with Gasteiger partial charge in [-0.2, -0.15) is 0 Å². The predicted molar refractivity (Wildman–Crippen MR) is 73.2 cm³/mol. The molecule has 0 radical (unpaired) electrons. The standard InChI is InChI=1S/C13H16N2O6/c1-20-10-6-4-3-5-8(10)14-13(19)15-9(12(17)18)7-11(16)21-2/h3-6,9H,7H2,1-2H3,(H,17,18)(H2,14,15,19)/t9-/m0/s1. The molecule has 0 aliphatic heterocycles.